The quantitative estimate of drug-likeness (QED) is 0.589. The van der Waals surface area contributed by atoms with Crippen LogP contribution in [0, 0.1) is 17.5 Å². The lowest BCUT2D eigenvalue weighted by molar-refractivity contribution is -0.148. The molecule has 0 aliphatic carbocycles. The number of halogens is 6. The number of carbonyl (C=O) groups is 1. The molecule has 3 rings (SSSR count). The molecule has 0 fully saturated rings. The third kappa shape index (κ3) is 5.29. The smallest absolute Gasteiger partial charge is 0.333 e. The molecule has 1 aliphatic heterocycles. The van der Waals surface area contributed by atoms with E-state index in [-0.39, 0.29) is 43.9 Å². The lowest BCUT2D eigenvalue weighted by Crippen LogP contribution is -2.42. The number of nitrogens with zero attached hydrogens (tertiary/aromatic N) is 4. The number of benzene rings is 1. The zero-order valence-electron chi connectivity index (χ0n) is 16.3. The van der Waals surface area contributed by atoms with Gasteiger partial charge in [0.1, 0.15) is 5.82 Å². The van der Waals surface area contributed by atoms with Gasteiger partial charge in [0.15, 0.2) is 17.5 Å². The highest BCUT2D eigenvalue weighted by molar-refractivity contribution is 5.76. The van der Waals surface area contributed by atoms with Crippen molar-refractivity contribution in [3.05, 3.63) is 46.8 Å². The van der Waals surface area contributed by atoms with Crippen LogP contribution in [-0.4, -0.2) is 38.2 Å². The average molecular weight is 437 g/mol. The van der Waals surface area contributed by atoms with Gasteiger partial charge in [-0.15, -0.1) is 10.2 Å². The zero-order chi connectivity index (χ0) is 22.6. The Morgan fingerprint density at radius 3 is 2.37 bits per heavy atom. The molecular formula is C18H21F6N5O. The summed E-state index contributed by atoms with van der Waals surface area (Å²) in [5.41, 5.74) is 5.64. The monoisotopic (exact) mass is 437 g/mol. The second-order valence-corrected chi connectivity index (χ2v) is 6.43. The van der Waals surface area contributed by atoms with E-state index in [9.17, 15) is 31.1 Å². The van der Waals surface area contributed by atoms with Crippen LogP contribution in [0.15, 0.2) is 12.1 Å². The SMILES string of the molecule is CC.N[C@@H](CC(=O)N1CCn2c(nnc2C(F)(F)F)C1)Cc1cc(F)c(F)cc1F. The van der Waals surface area contributed by atoms with E-state index in [1.54, 1.807) is 0 Å². The van der Waals surface area contributed by atoms with Crippen LogP contribution in [0.1, 0.15) is 37.5 Å². The number of aromatic nitrogens is 3. The molecule has 166 valence electrons. The van der Waals surface area contributed by atoms with E-state index in [0.717, 1.165) is 4.57 Å². The molecule has 30 heavy (non-hydrogen) atoms. The Hall–Kier alpha value is -2.63. The molecule has 1 aromatic carbocycles. The van der Waals surface area contributed by atoms with Gasteiger partial charge in [0.05, 0.1) is 6.54 Å². The van der Waals surface area contributed by atoms with Crippen LogP contribution in [-0.2, 0) is 30.5 Å². The number of nitrogens with two attached hydrogens (primary N) is 1. The van der Waals surface area contributed by atoms with Gasteiger partial charge in [-0.25, -0.2) is 13.2 Å². The summed E-state index contributed by atoms with van der Waals surface area (Å²) in [5, 5.41) is 6.60. The molecule has 2 N–H and O–H groups in total. The van der Waals surface area contributed by atoms with Crippen LogP contribution in [0.25, 0.3) is 0 Å². The highest BCUT2D eigenvalue weighted by Gasteiger charge is 2.39. The fraction of sp³-hybridized carbons (Fsp3) is 0.500. The fourth-order valence-electron chi connectivity index (χ4n) is 3.01. The molecule has 0 unspecified atom stereocenters. The van der Waals surface area contributed by atoms with E-state index < -0.39 is 41.4 Å². The van der Waals surface area contributed by atoms with E-state index in [4.69, 9.17) is 5.73 Å². The summed E-state index contributed by atoms with van der Waals surface area (Å²) >= 11 is 0. The maximum absolute atomic E-state index is 13.7. The predicted molar refractivity (Wildman–Crippen MR) is 94.4 cm³/mol. The van der Waals surface area contributed by atoms with Crippen molar-refractivity contribution >= 4 is 5.91 Å². The molecule has 0 spiro atoms. The van der Waals surface area contributed by atoms with Gasteiger partial charge in [-0.05, 0) is 18.1 Å². The van der Waals surface area contributed by atoms with Crippen molar-refractivity contribution in [3.63, 3.8) is 0 Å². The normalized spacial score (nSPS) is 14.6. The summed E-state index contributed by atoms with van der Waals surface area (Å²) in [6.45, 7) is 3.70. The molecule has 0 saturated carbocycles. The van der Waals surface area contributed by atoms with E-state index in [1.807, 2.05) is 13.8 Å². The minimum absolute atomic E-state index is 0.000783. The van der Waals surface area contributed by atoms with Crippen LogP contribution in [0.5, 0.6) is 0 Å². The summed E-state index contributed by atoms with van der Waals surface area (Å²) in [4.78, 5) is 13.6. The zero-order valence-corrected chi connectivity index (χ0v) is 16.3. The molecule has 0 bridgehead atoms. The molecule has 1 atom stereocenters. The second-order valence-electron chi connectivity index (χ2n) is 6.43. The minimum atomic E-state index is -4.64. The van der Waals surface area contributed by atoms with Gasteiger partial charge < -0.3 is 15.2 Å². The molecule has 6 nitrogen and oxygen atoms in total. The van der Waals surface area contributed by atoms with Crippen molar-refractivity contribution < 1.29 is 31.1 Å². The van der Waals surface area contributed by atoms with E-state index in [2.05, 4.69) is 10.2 Å². The van der Waals surface area contributed by atoms with Crippen LogP contribution in [0.3, 0.4) is 0 Å². The standard InChI is InChI=1S/C16H15F6N5O.C2H6/c17-10-6-12(19)11(18)4-8(10)3-9(23)5-14(28)26-1-2-27-13(7-26)24-25-15(27)16(20,21)22;1-2/h4,6,9H,1-3,5,7,23H2;1-2H3/t9-;/m1./s1. The first-order valence-electron chi connectivity index (χ1n) is 9.22. The first-order chi connectivity index (χ1) is 14.1. The Balaban J connectivity index is 0.00000155. The topological polar surface area (TPSA) is 77.0 Å². The Morgan fingerprint density at radius 2 is 1.73 bits per heavy atom. The lowest BCUT2D eigenvalue weighted by atomic mass is 10.0. The summed E-state index contributed by atoms with van der Waals surface area (Å²) < 4.78 is 79.3. The lowest BCUT2D eigenvalue weighted by Gasteiger charge is -2.29. The molecule has 12 heteroatoms. The molecular weight excluding hydrogens is 416 g/mol. The first-order valence-corrected chi connectivity index (χ1v) is 9.22. The Kier molecular flexibility index (Phi) is 7.45. The van der Waals surface area contributed by atoms with Crippen molar-refractivity contribution in [1.82, 2.24) is 19.7 Å². The molecule has 1 amide bonds. The Morgan fingerprint density at radius 1 is 1.10 bits per heavy atom. The van der Waals surface area contributed by atoms with Gasteiger partial charge in [-0.2, -0.15) is 13.2 Å². The van der Waals surface area contributed by atoms with E-state index in [1.165, 1.54) is 4.90 Å². The van der Waals surface area contributed by atoms with Crippen molar-refractivity contribution in [3.8, 4) is 0 Å². The van der Waals surface area contributed by atoms with Crippen LogP contribution in [0.2, 0.25) is 0 Å². The van der Waals surface area contributed by atoms with Gasteiger partial charge in [0.25, 0.3) is 0 Å². The molecule has 0 radical (unpaired) electrons. The number of rotatable bonds is 4. The van der Waals surface area contributed by atoms with Crippen LogP contribution >= 0.6 is 0 Å². The first kappa shape index (κ1) is 23.6. The van der Waals surface area contributed by atoms with Crippen molar-refractivity contribution in [2.45, 2.75) is 52.0 Å². The minimum Gasteiger partial charge on any atom is -0.333 e. The third-order valence-electron chi connectivity index (χ3n) is 4.37. The molecule has 1 aromatic heterocycles. The van der Waals surface area contributed by atoms with Crippen molar-refractivity contribution in [2.24, 2.45) is 5.73 Å². The molecule has 0 saturated heterocycles. The van der Waals surface area contributed by atoms with E-state index >= 15 is 0 Å². The Bertz CT molecular complexity index is 898. The highest BCUT2D eigenvalue weighted by atomic mass is 19.4. The number of hydrogen-bond acceptors (Lipinski definition) is 4. The van der Waals surface area contributed by atoms with Gasteiger partial charge in [0, 0.05) is 31.6 Å². The molecule has 2 heterocycles. The van der Waals surface area contributed by atoms with Crippen molar-refractivity contribution in [2.75, 3.05) is 6.54 Å². The summed E-state index contributed by atoms with van der Waals surface area (Å²) in [7, 11) is 0. The van der Waals surface area contributed by atoms with Crippen molar-refractivity contribution in [1.29, 1.82) is 0 Å². The van der Waals surface area contributed by atoms with Gasteiger partial charge in [-0.1, -0.05) is 13.8 Å². The average Bonchev–Trinajstić information content (AvgIpc) is 3.11. The predicted octanol–water partition coefficient (Wildman–Crippen LogP) is 3.04. The fourth-order valence-corrected chi connectivity index (χ4v) is 3.01. The largest absolute Gasteiger partial charge is 0.451 e. The third-order valence-corrected chi connectivity index (χ3v) is 4.37. The molecule has 2 aromatic rings. The van der Waals surface area contributed by atoms with Gasteiger partial charge >= 0.3 is 6.18 Å². The van der Waals surface area contributed by atoms with Gasteiger partial charge in [-0.3, -0.25) is 4.79 Å². The number of carbonyl (C=O) groups excluding carboxylic acids is 1. The number of hydrogen-bond donors (Lipinski definition) is 1. The number of fused-ring (bicyclic) bond motifs is 1. The number of alkyl halides is 3. The van der Waals surface area contributed by atoms with Crippen LogP contribution < -0.4 is 5.73 Å². The molecule has 1 aliphatic rings. The summed E-state index contributed by atoms with van der Waals surface area (Å²) in [6, 6.07) is 0.184. The maximum atomic E-state index is 13.7. The van der Waals surface area contributed by atoms with E-state index in [0.29, 0.717) is 12.1 Å². The Labute approximate surface area is 168 Å². The maximum Gasteiger partial charge on any atom is 0.451 e. The van der Waals surface area contributed by atoms with Gasteiger partial charge in [0.2, 0.25) is 11.7 Å². The summed E-state index contributed by atoms with van der Waals surface area (Å²) in [6.07, 6.45) is -5.11. The van der Waals surface area contributed by atoms with Crippen LogP contribution in [0.4, 0.5) is 26.3 Å². The highest BCUT2D eigenvalue weighted by Crippen LogP contribution is 2.29. The number of amides is 1. The summed E-state index contributed by atoms with van der Waals surface area (Å²) in [5.74, 6) is -5.15. The second kappa shape index (κ2) is 9.45.